The molecular weight excluding hydrogens is 410 g/mol. The summed E-state index contributed by atoms with van der Waals surface area (Å²) in [4.78, 5) is 11.7. The normalized spacial score (nSPS) is 11.6. The van der Waals surface area contributed by atoms with Crippen molar-refractivity contribution >= 4 is 37.6 Å². The molecule has 0 unspecified atom stereocenters. The van der Waals surface area contributed by atoms with Crippen LogP contribution < -0.4 is 4.72 Å². The summed E-state index contributed by atoms with van der Waals surface area (Å²) in [6, 6.07) is 3.23. The van der Waals surface area contributed by atoms with E-state index in [1.165, 1.54) is 0 Å². The van der Waals surface area contributed by atoms with Crippen LogP contribution in [-0.2, 0) is 29.9 Å². The van der Waals surface area contributed by atoms with Gasteiger partial charge in [0.25, 0.3) is 10.0 Å². The lowest BCUT2D eigenvalue weighted by atomic mass is 10.1. The van der Waals surface area contributed by atoms with Crippen LogP contribution in [0.1, 0.15) is 41.2 Å². The molecule has 0 aliphatic heterocycles. The number of nitrogens with zero attached hydrogens (tertiary/aromatic N) is 2. The maximum Gasteiger partial charge on any atom is 0.339 e. The third-order valence-corrected chi connectivity index (χ3v) is 6.08. The SMILES string of the molecule is CCc1nn(C)c(CC)c1S(=O)(=O)Nc1c(C)ccc(Br)c1C(=O)O. The van der Waals surface area contributed by atoms with Gasteiger partial charge in [-0.25, -0.2) is 13.2 Å². The Kier molecular flexibility index (Phi) is 5.58. The lowest BCUT2D eigenvalue weighted by Gasteiger charge is -2.15. The van der Waals surface area contributed by atoms with Crippen LogP contribution in [0.5, 0.6) is 0 Å². The highest BCUT2D eigenvalue weighted by molar-refractivity contribution is 9.10. The van der Waals surface area contributed by atoms with Gasteiger partial charge in [0.1, 0.15) is 4.90 Å². The fraction of sp³-hybridized carbons (Fsp3) is 0.375. The molecule has 0 aliphatic carbocycles. The quantitative estimate of drug-likeness (QED) is 0.734. The Bertz CT molecular complexity index is 935. The highest BCUT2D eigenvalue weighted by Crippen LogP contribution is 2.32. The molecule has 9 heteroatoms. The van der Waals surface area contributed by atoms with Crippen molar-refractivity contribution in [2.45, 2.75) is 38.5 Å². The van der Waals surface area contributed by atoms with Crippen molar-refractivity contribution < 1.29 is 18.3 Å². The molecule has 0 amide bonds. The molecule has 0 atom stereocenters. The van der Waals surface area contributed by atoms with Gasteiger partial charge >= 0.3 is 5.97 Å². The van der Waals surface area contributed by atoms with Crippen LogP contribution in [0.4, 0.5) is 5.69 Å². The van der Waals surface area contributed by atoms with Crippen molar-refractivity contribution in [2.75, 3.05) is 4.72 Å². The van der Waals surface area contributed by atoms with E-state index in [4.69, 9.17) is 0 Å². The van der Waals surface area contributed by atoms with E-state index >= 15 is 0 Å². The van der Waals surface area contributed by atoms with Crippen LogP contribution in [0, 0.1) is 6.92 Å². The van der Waals surface area contributed by atoms with E-state index in [2.05, 4.69) is 25.8 Å². The zero-order chi connectivity index (χ0) is 18.9. The highest BCUT2D eigenvalue weighted by atomic mass is 79.9. The molecule has 0 saturated heterocycles. The van der Waals surface area contributed by atoms with Crippen LogP contribution >= 0.6 is 15.9 Å². The van der Waals surface area contributed by atoms with Crippen LogP contribution in [0.25, 0.3) is 0 Å². The Balaban J connectivity index is 2.66. The summed E-state index contributed by atoms with van der Waals surface area (Å²) in [7, 11) is -2.29. The number of hydrogen-bond donors (Lipinski definition) is 2. The predicted octanol–water partition coefficient (Wildman–Crippen LogP) is 3.11. The van der Waals surface area contributed by atoms with Crippen molar-refractivity contribution in [3.05, 3.63) is 39.1 Å². The van der Waals surface area contributed by atoms with Crippen molar-refractivity contribution in [3.63, 3.8) is 0 Å². The molecule has 25 heavy (non-hydrogen) atoms. The molecule has 136 valence electrons. The molecule has 0 aliphatic rings. The van der Waals surface area contributed by atoms with Crippen LogP contribution in [0.2, 0.25) is 0 Å². The first-order valence-corrected chi connectivity index (χ1v) is 10.0. The number of benzene rings is 1. The van der Waals surface area contributed by atoms with E-state index in [0.29, 0.717) is 34.3 Å². The minimum absolute atomic E-state index is 0.0508. The summed E-state index contributed by atoms with van der Waals surface area (Å²) < 4.78 is 30.4. The van der Waals surface area contributed by atoms with Gasteiger partial charge in [-0.15, -0.1) is 0 Å². The predicted molar refractivity (Wildman–Crippen MR) is 98.6 cm³/mol. The molecule has 0 spiro atoms. The molecule has 7 nitrogen and oxygen atoms in total. The first-order valence-electron chi connectivity index (χ1n) is 7.73. The number of nitrogens with one attached hydrogen (secondary N) is 1. The number of hydrogen-bond acceptors (Lipinski definition) is 4. The van der Waals surface area contributed by atoms with Crippen LogP contribution in [-0.4, -0.2) is 29.3 Å². The van der Waals surface area contributed by atoms with Gasteiger partial charge in [0.2, 0.25) is 0 Å². The van der Waals surface area contributed by atoms with E-state index in [1.807, 2.05) is 13.8 Å². The van der Waals surface area contributed by atoms with Crippen molar-refractivity contribution in [3.8, 4) is 0 Å². The van der Waals surface area contributed by atoms with Gasteiger partial charge in [-0.1, -0.05) is 19.9 Å². The maximum atomic E-state index is 13.0. The van der Waals surface area contributed by atoms with Gasteiger partial charge in [-0.05, 0) is 47.3 Å². The lowest BCUT2D eigenvalue weighted by Crippen LogP contribution is -2.19. The lowest BCUT2D eigenvalue weighted by molar-refractivity contribution is 0.0697. The van der Waals surface area contributed by atoms with E-state index in [9.17, 15) is 18.3 Å². The van der Waals surface area contributed by atoms with E-state index in [0.717, 1.165) is 0 Å². The number of anilines is 1. The summed E-state index contributed by atoms with van der Waals surface area (Å²) in [5, 5.41) is 13.7. The second kappa shape index (κ2) is 7.17. The van der Waals surface area contributed by atoms with E-state index in [1.54, 1.807) is 30.8 Å². The fourth-order valence-electron chi connectivity index (χ4n) is 2.74. The number of aromatic carboxylic acids is 1. The van der Waals surface area contributed by atoms with E-state index in [-0.39, 0.29) is 16.1 Å². The van der Waals surface area contributed by atoms with Crippen molar-refractivity contribution in [1.82, 2.24) is 9.78 Å². The average molecular weight is 430 g/mol. The number of sulfonamides is 1. The van der Waals surface area contributed by atoms with Crippen LogP contribution in [0.3, 0.4) is 0 Å². The summed E-state index contributed by atoms with van der Waals surface area (Å²) in [5.74, 6) is -1.22. The number of carbonyl (C=O) groups is 1. The van der Waals surface area contributed by atoms with Gasteiger partial charge in [-0.2, -0.15) is 5.10 Å². The minimum atomic E-state index is -3.99. The topological polar surface area (TPSA) is 101 Å². The summed E-state index contributed by atoms with van der Waals surface area (Å²) in [6.07, 6.45) is 0.941. The second-order valence-corrected chi connectivity index (χ2v) is 8.05. The molecule has 1 aromatic carbocycles. The molecular formula is C16H20BrN3O4S. The monoisotopic (exact) mass is 429 g/mol. The third kappa shape index (κ3) is 3.57. The van der Waals surface area contributed by atoms with Gasteiger partial charge in [-0.3, -0.25) is 9.40 Å². The smallest absolute Gasteiger partial charge is 0.339 e. The average Bonchev–Trinajstić information content (AvgIpc) is 2.87. The molecule has 0 fully saturated rings. The number of halogens is 1. The number of carboxylic acids is 1. The Morgan fingerprint density at radius 2 is 1.96 bits per heavy atom. The molecule has 2 N–H and O–H groups in total. The summed E-state index contributed by atoms with van der Waals surface area (Å²) >= 11 is 3.17. The second-order valence-electron chi connectivity index (χ2n) is 5.58. The molecule has 1 heterocycles. The number of aromatic nitrogens is 2. The fourth-order valence-corrected chi connectivity index (χ4v) is 4.95. The number of carboxylic acid groups (broad SMARTS) is 1. The third-order valence-electron chi connectivity index (χ3n) is 3.94. The Labute approximate surface area is 155 Å². The molecule has 2 rings (SSSR count). The largest absolute Gasteiger partial charge is 0.478 e. The zero-order valence-corrected chi connectivity index (χ0v) is 16.8. The minimum Gasteiger partial charge on any atom is -0.478 e. The Morgan fingerprint density at radius 1 is 1.32 bits per heavy atom. The number of aryl methyl sites for hydroxylation is 3. The standard InChI is InChI=1S/C16H20BrN3O4S/c1-5-11-15(12(6-2)20(4)18-11)25(23,24)19-14-9(3)7-8-10(17)13(14)16(21)22/h7-8,19H,5-6H2,1-4H3,(H,21,22). The van der Waals surface area contributed by atoms with Gasteiger partial charge in [0.05, 0.1) is 22.6 Å². The highest BCUT2D eigenvalue weighted by Gasteiger charge is 2.29. The molecule has 0 radical (unpaired) electrons. The van der Waals surface area contributed by atoms with Gasteiger partial charge in [0, 0.05) is 11.5 Å². The van der Waals surface area contributed by atoms with Crippen molar-refractivity contribution in [2.24, 2.45) is 7.05 Å². The van der Waals surface area contributed by atoms with Crippen LogP contribution in [0.15, 0.2) is 21.5 Å². The zero-order valence-electron chi connectivity index (χ0n) is 14.4. The number of rotatable bonds is 6. The summed E-state index contributed by atoms with van der Waals surface area (Å²) in [5.41, 5.74) is 1.48. The van der Waals surface area contributed by atoms with Gasteiger partial charge < -0.3 is 5.11 Å². The van der Waals surface area contributed by atoms with E-state index < -0.39 is 16.0 Å². The molecule has 0 bridgehead atoms. The maximum absolute atomic E-state index is 13.0. The first kappa shape index (κ1) is 19.5. The Hall–Kier alpha value is -1.87. The summed E-state index contributed by atoms with van der Waals surface area (Å²) in [6.45, 7) is 5.33. The van der Waals surface area contributed by atoms with Gasteiger partial charge in [0.15, 0.2) is 0 Å². The molecule has 0 saturated carbocycles. The molecule has 1 aromatic heterocycles. The molecule has 2 aromatic rings. The first-order chi connectivity index (χ1) is 11.6. The Morgan fingerprint density at radius 3 is 2.48 bits per heavy atom. The van der Waals surface area contributed by atoms with Crippen molar-refractivity contribution in [1.29, 1.82) is 0 Å².